The molecule has 0 aliphatic rings. The molecule has 0 atom stereocenters. The van der Waals surface area contributed by atoms with E-state index in [4.69, 9.17) is 6.42 Å². The number of anilines is 1. The Bertz CT molecular complexity index is 890. The van der Waals surface area contributed by atoms with Crippen LogP contribution in [0.5, 0.6) is 0 Å². The minimum absolute atomic E-state index is 0.130. The Labute approximate surface area is 121 Å². The van der Waals surface area contributed by atoms with Crippen LogP contribution >= 0.6 is 0 Å². The maximum Gasteiger partial charge on any atom is 0.258 e. The number of benzene rings is 2. The van der Waals surface area contributed by atoms with Crippen LogP contribution in [-0.2, 0) is 6.54 Å². The molecule has 3 aromatic rings. The van der Waals surface area contributed by atoms with E-state index in [-0.39, 0.29) is 5.56 Å². The van der Waals surface area contributed by atoms with Gasteiger partial charge in [0.25, 0.3) is 5.56 Å². The van der Waals surface area contributed by atoms with Gasteiger partial charge in [0.15, 0.2) is 0 Å². The summed E-state index contributed by atoms with van der Waals surface area (Å²) in [6.07, 6.45) is 5.37. The quantitative estimate of drug-likeness (QED) is 0.722. The van der Waals surface area contributed by atoms with Crippen LogP contribution in [0.25, 0.3) is 10.9 Å². The van der Waals surface area contributed by atoms with Crippen molar-refractivity contribution in [1.29, 1.82) is 0 Å². The van der Waals surface area contributed by atoms with Gasteiger partial charge < -0.3 is 10.3 Å². The zero-order chi connectivity index (χ0) is 14.7. The molecule has 0 aliphatic heterocycles. The highest BCUT2D eigenvalue weighted by Crippen LogP contribution is 2.11. The molecule has 0 aliphatic carbocycles. The summed E-state index contributed by atoms with van der Waals surface area (Å²) in [4.78, 5) is 19.2. The molecule has 0 amide bonds. The van der Waals surface area contributed by atoms with E-state index in [2.05, 4.69) is 21.2 Å². The van der Waals surface area contributed by atoms with Gasteiger partial charge in [0.2, 0.25) is 0 Å². The first kappa shape index (κ1) is 12.9. The van der Waals surface area contributed by atoms with E-state index >= 15 is 0 Å². The fourth-order valence-corrected chi connectivity index (χ4v) is 2.12. The van der Waals surface area contributed by atoms with E-state index in [0.717, 1.165) is 11.3 Å². The van der Waals surface area contributed by atoms with Crippen molar-refractivity contribution in [2.75, 3.05) is 5.32 Å². The van der Waals surface area contributed by atoms with Crippen molar-refractivity contribution < 1.29 is 0 Å². The van der Waals surface area contributed by atoms with Gasteiger partial charge in [-0.3, -0.25) is 4.79 Å². The third kappa shape index (κ3) is 2.77. The summed E-state index contributed by atoms with van der Waals surface area (Å²) in [5, 5.41) is 3.79. The van der Waals surface area contributed by atoms with Gasteiger partial charge in [-0.15, -0.1) is 6.42 Å². The van der Waals surface area contributed by atoms with Crippen LogP contribution in [0.2, 0.25) is 0 Å². The molecule has 0 bridgehead atoms. The minimum atomic E-state index is -0.130. The van der Waals surface area contributed by atoms with E-state index in [0.29, 0.717) is 23.3 Å². The maximum atomic E-state index is 12.0. The lowest BCUT2D eigenvalue weighted by Crippen LogP contribution is -2.14. The van der Waals surface area contributed by atoms with E-state index in [9.17, 15) is 4.79 Å². The molecule has 2 aromatic carbocycles. The Hall–Kier alpha value is -3.06. The van der Waals surface area contributed by atoms with Crippen molar-refractivity contribution in [3.8, 4) is 12.3 Å². The van der Waals surface area contributed by atoms with E-state index in [1.807, 2.05) is 42.5 Å². The molecule has 0 saturated carbocycles. The first-order chi connectivity index (χ1) is 10.3. The molecule has 0 saturated heterocycles. The number of para-hydroxylation sites is 1. The Kier molecular flexibility index (Phi) is 3.40. The normalized spacial score (nSPS) is 10.2. The van der Waals surface area contributed by atoms with Crippen LogP contribution in [0.4, 0.5) is 5.69 Å². The fraction of sp³-hybridized carbons (Fsp3) is 0.0588. The summed E-state index contributed by atoms with van der Waals surface area (Å²) < 4.78 is 0. The molecular weight excluding hydrogens is 262 g/mol. The minimum Gasteiger partial charge on any atom is -0.378 e. The lowest BCUT2D eigenvalue weighted by molar-refractivity contribution is 0.953. The molecule has 0 radical (unpaired) electrons. The average molecular weight is 275 g/mol. The first-order valence-corrected chi connectivity index (χ1v) is 6.55. The molecule has 3 rings (SSSR count). The molecule has 4 nitrogen and oxygen atoms in total. The highest BCUT2D eigenvalue weighted by molar-refractivity contribution is 5.77. The smallest absolute Gasteiger partial charge is 0.258 e. The van der Waals surface area contributed by atoms with Crippen molar-refractivity contribution in [2.45, 2.75) is 6.54 Å². The lowest BCUT2D eigenvalue weighted by atomic mass is 10.2. The summed E-state index contributed by atoms with van der Waals surface area (Å²) >= 11 is 0. The predicted octanol–water partition coefficient (Wildman–Crippen LogP) is 2.52. The van der Waals surface area contributed by atoms with Crippen molar-refractivity contribution in [1.82, 2.24) is 9.97 Å². The van der Waals surface area contributed by atoms with Crippen LogP contribution < -0.4 is 10.9 Å². The van der Waals surface area contributed by atoms with Crippen molar-refractivity contribution in [3.05, 3.63) is 70.3 Å². The molecule has 1 heterocycles. The molecule has 0 fully saturated rings. The second-order valence-corrected chi connectivity index (χ2v) is 4.61. The number of fused-ring (bicyclic) bond motifs is 1. The topological polar surface area (TPSA) is 57.8 Å². The van der Waals surface area contributed by atoms with Crippen molar-refractivity contribution >= 4 is 16.6 Å². The summed E-state index contributed by atoms with van der Waals surface area (Å²) in [6.45, 7) is 0.425. The molecule has 0 spiro atoms. The summed E-state index contributed by atoms with van der Waals surface area (Å²) in [5.41, 5.74) is 2.26. The summed E-state index contributed by atoms with van der Waals surface area (Å²) in [5.74, 6) is 3.17. The number of hydrogen-bond acceptors (Lipinski definition) is 3. The van der Waals surface area contributed by atoms with Crippen molar-refractivity contribution in [2.24, 2.45) is 0 Å². The monoisotopic (exact) mass is 275 g/mol. The first-order valence-electron chi connectivity index (χ1n) is 6.55. The van der Waals surface area contributed by atoms with Gasteiger partial charge in [0.1, 0.15) is 5.82 Å². The Morgan fingerprint density at radius 2 is 2.05 bits per heavy atom. The number of aromatic nitrogens is 2. The van der Waals surface area contributed by atoms with E-state index in [1.54, 1.807) is 6.07 Å². The van der Waals surface area contributed by atoms with Gasteiger partial charge in [-0.1, -0.05) is 24.1 Å². The SMILES string of the molecule is C#Cc1cccc(NCc2nc3ccccc3c(=O)[nH]2)c1. The molecular formula is C17H13N3O. The number of aromatic amines is 1. The Morgan fingerprint density at radius 1 is 1.19 bits per heavy atom. The Balaban J connectivity index is 1.85. The van der Waals surface area contributed by atoms with Gasteiger partial charge in [-0.05, 0) is 30.3 Å². The fourth-order valence-electron chi connectivity index (χ4n) is 2.12. The molecule has 4 heteroatoms. The van der Waals surface area contributed by atoms with Gasteiger partial charge >= 0.3 is 0 Å². The summed E-state index contributed by atoms with van der Waals surface area (Å²) in [7, 11) is 0. The number of rotatable bonds is 3. The summed E-state index contributed by atoms with van der Waals surface area (Å²) in [6, 6.07) is 14.8. The highest BCUT2D eigenvalue weighted by Gasteiger charge is 2.03. The van der Waals surface area contributed by atoms with Gasteiger partial charge in [-0.25, -0.2) is 4.98 Å². The predicted molar refractivity (Wildman–Crippen MR) is 84.1 cm³/mol. The number of nitrogens with zero attached hydrogens (tertiary/aromatic N) is 1. The van der Waals surface area contributed by atoms with E-state index in [1.165, 1.54) is 0 Å². The molecule has 102 valence electrons. The standard InChI is InChI=1S/C17H13N3O/c1-2-12-6-5-7-13(10-12)18-11-16-19-15-9-4-3-8-14(15)17(21)20-16/h1,3-10,18H,11H2,(H,19,20,21). The number of hydrogen-bond donors (Lipinski definition) is 2. The van der Waals surface area contributed by atoms with Crippen LogP contribution in [0.3, 0.4) is 0 Å². The third-order valence-corrected chi connectivity index (χ3v) is 3.15. The lowest BCUT2D eigenvalue weighted by Gasteiger charge is -2.07. The number of terminal acetylenes is 1. The molecule has 2 N–H and O–H groups in total. The van der Waals surface area contributed by atoms with Gasteiger partial charge in [0.05, 0.1) is 17.4 Å². The zero-order valence-corrected chi connectivity index (χ0v) is 11.3. The van der Waals surface area contributed by atoms with Gasteiger partial charge in [0, 0.05) is 11.3 Å². The van der Waals surface area contributed by atoms with Crippen LogP contribution in [-0.4, -0.2) is 9.97 Å². The van der Waals surface area contributed by atoms with Crippen molar-refractivity contribution in [3.63, 3.8) is 0 Å². The average Bonchev–Trinajstić information content (AvgIpc) is 2.53. The zero-order valence-electron chi connectivity index (χ0n) is 11.3. The van der Waals surface area contributed by atoms with Crippen LogP contribution in [0.15, 0.2) is 53.3 Å². The molecule has 1 aromatic heterocycles. The van der Waals surface area contributed by atoms with Gasteiger partial charge in [-0.2, -0.15) is 0 Å². The van der Waals surface area contributed by atoms with E-state index < -0.39 is 0 Å². The maximum absolute atomic E-state index is 12.0. The molecule has 0 unspecified atom stereocenters. The van der Waals surface area contributed by atoms with Crippen LogP contribution in [0, 0.1) is 12.3 Å². The highest BCUT2D eigenvalue weighted by atomic mass is 16.1. The third-order valence-electron chi connectivity index (χ3n) is 3.15. The Morgan fingerprint density at radius 3 is 2.90 bits per heavy atom. The molecule has 21 heavy (non-hydrogen) atoms. The van der Waals surface area contributed by atoms with Crippen LogP contribution in [0.1, 0.15) is 11.4 Å². The second-order valence-electron chi connectivity index (χ2n) is 4.61. The number of H-pyrrole nitrogens is 1. The largest absolute Gasteiger partial charge is 0.378 e. The number of nitrogens with one attached hydrogen (secondary N) is 2. The second kappa shape index (κ2) is 5.51.